The van der Waals surface area contributed by atoms with Crippen LogP contribution in [0.4, 0.5) is 5.69 Å². The highest BCUT2D eigenvalue weighted by molar-refractivity contribution is 5.58. The van der Waals surface area contributed by atoms with Gasteiger partial charge in [-0.2, -0.15) is 0 Å². The van der Waals surface area contributed by atoms with Gasteiger partial charge >= 0.3 is 0 Å². The smallest absolute Gasteiger partial charge is 0.0376 e. The predicted molar refractivity (Wildman–Crippen MR) is 57.1 cm³/mol. The second-order valence-corrected chi connectivity index (χ2v) is 4.89. The number of hydrogen-bond acceptors (Lipinski definition) is 1. The first kappa shape index (κ1) is 8.61. The van der Waals surface area contributed by atoms with Crippen molar-refractivity contribution >= 4 is 5.69 Å². The Morgan fingerprint density at radius 1 is 1.23 bits per heavy atom. The average molecular weight is 175 g/mol. The molecular weight excluding hydrogens is 158 g/mol. The first-order chi connectivity index (χ1) is 6.09. The SMILES string of the molecule is CC(C)(C)C1CNc2ccccc21. The van der Waals surface area contributed by atoms with E-state index in [9.17, 15) is 0 Å². The first-order valence-corrected chi connectivity index (χ1v) is 4.92. The highest BCUT2D eigenvalue weighted by Crippen LogP contribution is 2.42. The Kier molecular flexibility index (Phi) is 1.83. The molecule has 2 rings (SSSR count). The van der Waals surface area contributed by atoms with Gasteiger partial charge in [0.15, 0.2) is 0 Å². The van der Waals surface area contributed by atoms with Crippen LogP contribution < -0.4 is 5.32 Å². The molecule has 0 saturated carbocycles. The van der Waals surface area contributed by atoms with Crippen molar-refractivity contribution in [2.75, 3.05) is 11.9 Å². The Hall–Kier alpha value is -0.980. The Bertz CT molecular complexity index is 309. The van der Waals surface area contributed by atoms with Crippen molar-refractivity contribution in [1.82, 2.24) is 0 Å². The Morgan fingerprint density at radius 2 is 1.92 bits per heavy atom. The highest BCUT2D eigenvalue weighted by Gasteiger charge is 2.31. The lowest BCUT2D eigenvalue weighted by atomic mass is 9.78. The van der Waals surface area contributed by atoms with Crippen LogP contribution in [0.5, 0.6) is 0 Å². The lowest BCUT2D eigenvalue weighted by molar-refractivity contribution is 0.339. The third-order valence-electron chi connectivity index (χ3n) is 2.88. The van der Waals surface area contributed by atoms with Crippen molar-refractivity contribution < 1.29 is 0 Å². The van der Waals surface area contributed by atoms with Crippen LogP contribution in [-0.4, -0.2) is 6.54 Å². The minimum Gasteiger partial charge on any atom is -0.384 e. The van der Waals surface area contributed by atoms with Crippen LogP contribution >= 0.6 is 0 Å². The van der Waals surface area contributed by atoms with Crippen molar-refractivity contribution in [1.29, 1.82) is 0 Å². The molecule has 1 N–H and O–H groups in total. The number of nitrogens with one attached hydrogen (secondary N) is 1. The van der Waals surface area contributed by atoms with E-state index in [1.165, 1.54) is 11.3 Å². The number of rotatable bonds is 0. The van der Waals surface area contributed by atoms with E-state index in [1.54, 1.807) is 0 Å². The maximum Gasteiger partial charge on any atom is 0.0376 e. The maximum atomic E-state index is 3.46. The van der Waals surface area contributed by atoms with E-state index in [0.29, 0.717) is 11.3 Å². The quantitative estimate of drug-likeness (QED) is 0.638. The summed E-state index contributed by atoms with van der Waals surface area (Å²) in [5.41, 5.74) is 3.16. The van der Waals surface area contributed by atoms with Crippen molar-refractivity contribution in [2.24, 2.45) is 5.41 Å². The van der Waals surface area contributed by atoms with Gasteiger partial charge in [-0.15, -0.1) is 0 Å². The second-order valence-electron chi connectivity index (χ2n) is 4.89. The van der Waals surface area contributed by atoms with Gasteiger partial charge in [-0.3, -0.25) is 0 Å². The van der Waals surface area contributed by atoms with Gasteiger partial charge in [0.25, 0.3) is 0 Å². The van der Waals surface area contributed by atoms with Crippen LogP contribution in [-0.2, 0) is 0 Å². The monoisotopic (exact) mass is 175 g/mol. The zero-order valence-electron chi connectivity index (χ0n) is 8.59. The molecule has 13 heavy (non-hydrogen) atoms. The number of fused-ring (bicyclic) bond motifs is 1. The molecule has 0 bridgehead atoms. The molecule has 0 radical (unpaired) electrons. The molecule has 1 aromatic carbocycles. The summed E-state index contributed by atoms with van der Waals surface area (Å²) in [6.07, 6.45) is 0. The number of benzene rings is 1. The third kappa shape index (κ3) is 1.43. The molecule has 1 nitrogen and oxygen atoms in total. The van der Waals surface area contributed by atoms with Crippen LogP contribution in [0.1, 0.15) is 32.3 Å². The molecule has 70 valence electrons. The molecule has 0 aromatic heterocycles. The van der Waals surface area contributed by atoms with Gasteiger partial charge < -0.3 is 5.32 Å². The van der Waals surface area contributed by atoms with Crippen molar-refractivity contribution in [3.8, 4) is 0 Å². The summed E-state index contributed by atoms with van der Waals surface area (Å²) >= 11 is 0. The van der Waals surface area contributed by atoms with Gasteiger partial charge in [0.05, 0.1) is 0 Å². The first-order valence-electron chi connectivity index (χ1n) is 4.92. The molecule has 1 heterocycles. The minimum absolute atomic E-state index is 0.361. The topological polar surface area (TPSA) is 12.0 Å². The van der Waals surface area contributed by atoms with Crippen LogP contribution in [0.2, 0.25) is 0 Å². The molecule has 0 fully saturated rings. The Morgan fingerprint density at radius 3 is 2.62 bits per heavy atom. The van der Waals surface area contributed by atoms with Crippen molar-refractivity contribution in [3.63, 3.8) is 0 Å². The summed E-state index contributed by atoms with van der Waals surface area (Å²) < 4.78 is 0. The van der Waals surface area contributed by atoms with Gasteiger partial charge in [0.2, 0.25) is 0 Å². The van der Waals surface area contributed by atoms with Crippen LogP contribution in [0, 0.1) is 5.41 Å². The van der Waals surface area contributed by atoms with Crippen molar-refractivity contribution in [2.45, 2.75) is 26.7 Å². The molecule has 0 aliphatic carbocycles. The van der Waals surface area contributed by atoms with E-state index in [2.05, 4.69) is 50.4 Å². The molecule has 1 heteroatoms. The Balaban J connectivity index is 2.39. The zero-order valence-corrected chi connectivity index (χ0v) is 8.59. The van der Waals surface area contributed by atoms with E-state index in [1.807, 2.05) is 0 Å². The summed E-state index contributed by atoms with van der Waals surface area (Å²) in [5.74, 6) is 0.656. The summed E-state index contributed by atoms with van der Waals surface area (Å²) in [5, 5.41) is 3.46. The van der Waals surface area contributed by atoms with E-state index in [4.69, 9.17) is 0 Å². The van der Waals surface area contributed by atoms with Gasteiger partial charge in [-0.1, -0.05) is 39.0 Å². The molecule has 1 aliphatic rings. The summed E-state index contributed by atoms with van der Waals surface area (Å²) in [6, 6.07) is 8.63. The Labute approximate surface area is 80.2 Å². The third-order valence-corrected chi connectivity index (χ3v) is 2.88. The average Bonchev–Trinajstić information content (AvgIpc) is 2.45. The highest BCUT2D eigenvalue weighted by atomic mass is 14.9. The fourth-order valence-electron chi connectivity index (χ4n) is 2.06. The second kappa shape index (κ2) is 2.76. The molecule has 1 atom stereocenters. The summed E-state index contributed by atoms with van der Waals surface area (Å²) in [4.78, 5) is 0. The lowest BCUT2D eigenvalue weighted by Gasteiger charge is -2.26. The molecule has 0 amide bonds. The number of hydrogen-bond donors (Lipinski definition) is 1. The molecular formula is C12H17N. The van der Waals surface area contributed by atoms with Gasteiger partial charge in [-0.25, -0.2) is 0 Å². The molecule has 1 aromatic rings. The van der Waals surface area contributed by atoms with E-state index in [-0.39, 0.29) is 0 Å². The zero-order chi connectivity index (χ0) is 9.47. The number of para-hydroxylation sites is 1. The van der Waals surface area contributed by atoms with Crippen LogP contribution in [0.3, 0.4) is 0 Å². The predicted octanol–water partition coefficient (Wildman–Crippen LogP) is 3.24. The van der Waals surface area contributed by atoms with Crippen molar-refractivity contribution in [3.05, 3.63) is 29.8 Å². The van der Waals surface area contributed by atoms with E-state index < -0.39 is 0 Å². The van der Waals surface area contributed by atoms with Crippen LogP contribution in [0.15, 0.2) is 24.3 Å². The van der Waals surface area contributed by atoms with Gasteiger partial charge in [0.1, 0.15) is 0 Å². The van der Waals surface area contributed by atoms with Gasteiger partial charge in [-0.05, 0) is 17.0 Å². The number of anilines is 1. The van der Waals surface area contributed by atoms with E-state index >= 15 is 0 Å². The molecule has 1 aliphatic heterocycles. The summed E-state index contributed by atoms with van der Waals surface area (Å²) in [7, 11) is 0. The van der Waals surface area contributed by atoms with E-state index in [0.717, 1.165) is 6.54 Å². The molecule has 0 spiro atoms. The van der Waals surface area contributed by atoms with Crippen LogP contribution in [0.25, 0.3) is 0 Å². The summed E-state index contributed by atoms with van der Waals surface area (Å²) in [6.45, 7) is 8.01. The normalized spacial score (nSPS) is 21.0. The molecule has 0 saturated heterocycles. The fraction of sp³-hybridized carbons (Fsp3) is 0.500. The van der Waals surface area contributed by atoms with Gasteiger partial charge in [0, 0.05) is 18.2 Å². The minimum atomic E-state index is 0.361. The fourth-order valence-corrected chi connectivity index (χ4v) is 2.06. The lowest BCUT2D eigenvalue weighted by Crippen LogP contribution is -2.19. The molecule has 1 unspecified atom stereocenters. The largest absolute Gasteiger partial charge is 0.384 e. The maximum absolute atomic E-state index is 3.46. The standard InChI is InChI=1S/C12H17N/c1-12(2,3)10-8-13-11-7-5-4-6-9(10)11/h4-7,10,13H,8H2,1-3H3.